The third kappa shape index (κ3) is 5.92. The Hall–Kier alpha value is -2.11. The largest absolute Gasteiger partial charge is 0.479 e. The third-order valence-corrected chi connectivity index (χ3v) is 6.34. The van der Waals surface area contributed by atoms with Gasteiger partial charge in [0.25, 0.3) is 5.91 Å². The topological polar surface area (TPSA) is 76.4 Å². The molecule has 2 N–H and O–H groups in total. The van der Waals surface area contributed by atoms with Crippen molar-refractivity contribution < 1.29 is 13.9 Å². The maximum Gasteiger partial charge on any atom is 0.266 e. The first-order valence-electron chi connectivity index (χ1n) is 9.79. The molecule has 0 bridgehead atoms. The van der Waals surface area contributed by atoms with Gasteiger partial charge in [-0.15, -0.1) is 0 Å². The van der Waals surface area contributed by atoms with Gasteiger partial charge in [-0.25, -0.2) is 4.98 Å². The van der Waals surface area contributed by atoms with Crippen molar-refractivity contribution in [2.75, 3.05) is 5.32 Å². The third-order valence-electron chi connectivity index (χ3n) is 4.61. The van der Waals surface area contributed by atoms with E-state index in [2.05, 4.69) is 38.2 Å². The minimum atomic E-state index is -0.850. The molecule has 34 heavy (non-hydrogen) atoms. The van der Waals surface area contributed by atoms with Crippen LogP contribution in [0.1, 0.15) is 6.92 Å². The minimum absolute atomic E-state index is 0.103. The van der Waals surface area contributed by atoms with Crippen molar-refractivity contribution in [3.8, 4) is 17.2 Å². The monoisotopic (exact) mass is 645 g/mol. The van der Waals surface area contributed by atoms with Gasteiger partial charge in [-0.05, 0) is 96.3 Å². The van der Waals surface area contributed by atoms with Crippen LogP contribution in [0.25, 0.3) is 22.6 Å². The number of benzene rings is 3. The van der Waals surface area contributed by atoms with Gasteiger partial charge in [0.2, 0.25) is 5.89 Å². The van der Waals surface area contributed by atoms with E-state index in [1.165, 1.54) is 6.07 Å². The number of halogens is 4. The molecule has 0 saturated heterocycles. The van der Waals surface area contributed by atoms with E-state index in [-0.39, 0.29) is 5.11 Å². The van der Waals surface area contributed by atoms with Crippen LogP contribution < -0.4 is 15.4 Å². The van der Waals surface area contributed by atoms with E-state index in [9.17, 15) is 4.79 Å². The quantitative estimate of drug-likeness (QED) is 0.175. The van der Waals surface area contributed by atoms with Gasteiger partial charge >= 0.3 is 0 Å². The molecule has 1 amide bonds. The van der Waals surface area contributed by atoms with Crippen LogP contribution in [-0.2, 0) is 4.79 Å². The van der Waals surface area contributed by atoms with Crippen LogP contribution in [0.4, 0.5) is 5.69 Å². The Morgan fingerprint density at radius 3 is 2.65 bits per heavy atom. The van der Waals surface area contributed by atoms with E-state index in [1.54, 1.807) is 43.3 Å². The molecule has 0 spiro atoms. The van der Waals surface area contributed by atoms with E-state index < -0.39 is 12.0 Å². The second-order valence-corrected chi connectivity index (χ2v) is 10.0. The second-order valence-electron chi connectivity index (χ2n) is 7.10. The molecule has 0 aliphatic rings. The summed E-state index contributed by atoms with van der Waals surface area (Å²) in [6.45, 7) is 1.59. The predicted octanol–water partition coefficient (Wildman–Crippen LogP) is 7.34. The first kappa shape index (κ1) is 25.0. The summed E-state index contributed by atoms with van der Waals surface area (Å²) in [7, 11) is 0. The highest BCUT2D eigenvalue weighted by molar-refractivity contribution is 14.1. The number of carbonyl (C=O) groups is 1. The molecule has 174 valence electrons. The van der Waals surface area contributed by atoms with Crippen molar-refractivity contribution >= 4 is 97.4 Å². The van der Waals surface area contributed by atoms with Crippen LogP contribution in [0.3, 0.4) is 0 Å². The normalized spacial score (nSPS) is 11.8. The number of ether oxygens (including phenoxy) is 1. The van der Waals surface area contributed by atoms with Crippen molar-refractivity contribution in [2.45, 2.75) is 13.0 Å². The van der Waals surface area contributed by atoms with Gasteiger partial charge in [0, 0.05) is 14.3 Å². The summed E-state index contributed by atoms with van der Waals surface area (Å²) in [6.07, 6.45) is -0.850. The molecule has 0 fully saturated rings. The lowest BCUT2D eigenvalue weighted by Crippen LogP contribution is -2.42. The molecule has 0 aliphatic heterocycles. The molecule has 3 aromatic carbocycles. The fraction of sp³-hybridized carbons (Fsp3) is 0.0870. The molecule has 1 heterocycles. The Kier molecular flexibility index (Phi) is 7.83. The lowest BCUT2D eigenvalue weighted by molar-refractivity contribution is -0.125. The van der Waals surface area contributed by atoms with E-state index in [1.807, 2.05) is 12.1 Å². The minimum Gasteiger partial charge on any atom is -0.479 e. The van der Waals surface area contributed by atoms with Gasteiger partial charge in [-0.2, -0.15) is 0 Å². The van der Waals surface area contributed by atoms with Crippen LogP contribution in [0.15, 0.2) is 59.0 Å². The maximum absolute atomic E-state index is 12.5. The van der Waals surface area contributed by atoms with E-state index in [4.69, 9.17) is 56.2 Å². The highest BCUT2D eigenvalue weighted by Gasteiger charge is 2.18. The molecule has 11 heteroatoms. The highest BCUT2D eigenvalue weighted by atomic mass is 127. The summed E-state index contributed by atoms with van der Waals surface area (Å²) < 4.78 is 12.5. The van der Waals surface area contributed by atoms with Crippen molar-refractivity contribution in [1.29, 1.82) is 0 Å². The lowest BCUT2D eigenvalue weighted by atomic mass is 10.2. The molecule has 1 unspecified atom stereocenters. The van der Waals surface area contributed by atoms with Gasteiger partial charge in [-0.1, -0.05) is 34.8 Å². The van der Waals surface area contributed by atoms with Gasteiger partial charge in [0.05, 0.1) is 15.6 Å². The Labute approximate surface area is 229 Å². The number of carbonyl (C=O) groups excluding carboxylic acids is 1. The molecule has 1 atom stereocenters. The van der Waals surface area contributed by atoms with Gasteiger partial charge in [0.15, 0.2) is 16.8 Å². The van der Waals surface area contributed by atoms with E-state index in [0.29, 0.717) is 49.1 Å². The Bertz CT molecular complexity index is 1410. The fourth-order valence-corrected chi connectivity index (χ4v) is 4.33. The molecule has 0 aliphatic carbocycles. The number of oxazole rings is 1. The number of aromatic nitrogens is 1. The first-order valence-corrected chi connectivity index (χ1v) is 12.4. The van der Waals surface area contributed by atoms with Crippen LogP contribution in [-0.4, -0.2) is 22.1 Å². The van der Waals surface area contributed by atoms with E-state index in [0.717, 1.165) is 3.57 Å². The smallest absolute Gasteiger partial charge is 0.266 e. The number of thiocarbonyl (C=S) groups is 1. The van der Waals surface area contributed by atoms with E-state index >= 15 is 0 Å². The summed E-state index contributed by atoms with van der Waals surface area (Å²) >= 11 is 25.8. The molecule has 1 aromatic heterocycles. The molecule has 0 radical (unpaired) electrons. The molecular formula is C23H15Cl3IN3O3S. The zero-order chi connectivity index (χ0) is 24.4. The first-order chi connectivity index (χ1) is 16.2. The number of anilines is 1. The average molecular weight is 647 g/mol. The number of amides is 1. The van der Waals surface area contributed by atoms with Gasteiger partial charge < -0.3 is 14.5 Å². The number of rotatable bonds is 5. The maximum atomic E-state index is 12.5. The number of hydrogen-bond donors (Lipinski definition) is 2. The Morgan fingerprint density at radius 1 is 1.09 bits per heavy atom. The summed E-state index contributed by atoms with van der Waals surface area (Å²) in [4.78, 5) is 17.0. The summed E-state index contributed by atoms with van der Waals surface area (Å²) in [5, 5.41) is 6.99. The number of hydrogen-bond acceptors (Lipinski definition) is 5. The summed E-state index contributed by atoms with van der Waals surface area (Å²) in [6, 6.07) is 15.6. The average Bonchev–Trinajstić information content (AvgIpc) is 3.20. The lowest BCUT2D eigenvalue weighted by Gasteiger charge is -2.16. The van der Waals surface area contributed by atoms with Crippen molar-refractivity contribution in [3.05, 3.63) is 73.2 Å². The zero-order valence-electron chi connectivity index (χ0n) is 17.4. The van der Waals surface area contributed by atoms with Gasteiger partial charge in [-0.3, -0.25) is 10.1 Å². The Balaban J connectivity index is 1.42. The number of fused-ring (bicyclic) bond motifs is 1. The van der Waals surface area contributed by atoms with Crippen LogP contribution in [0.2, 0.25) is 15.1 Å². The number of nitrogens with zero attached hydrogens (tertiary/aromatic N) is 1. The summed E-state index contributed by atoms with van der Waals surface area (Å²) in [5.74, 6) is 0.313. The molecule has 4 aromatic rings. The number of nitrogens with one attached hydrogen (secondary N) is 2. The second kappa shape index (κ2) is 10.7. The fourth-order valence-electron chi connectivity index (χ4n) is 2.97. The SMILES string of the molecule is CC(Oc1ccc(Cl)cc1Cl)C(=O)NC(=S)Nc1ccc2oc(-c3cc(I)ccc3Cl)nc2c1. The molecule has 0 saturated carbocycles. The zero-order valence-corrected chi connectivity index (χ0v) is 22.6. The predicted molar refractivity (Wildman–Crippen MR) is 148 cm³/mol. The van der Waals surface area contributed by atoms with Crippen LogP contribution in [0, 0.1) is 3.57 Å². The Morgan fingerprint density at radius 2 is 1.88 bits per heavy atom. The standard InChI is InChI=1S/C23H15Cl3IN3O3S/c1-11(32-19-6-2-12(24)8-17(19)26)21(31)30-23(34)28-14-4-7-20-18(10-14)29-22(33-20)15-9-13(27)3-5-16(15)25/h2-11H,1H3,(H2,28,30,31,34). The molecular weight excluding hydrogens is 632 g/mol. The summed E-state index contributed by atoms with van der Waals surface area (Å²) in [5.41, 5.74) is 2.53. The molecule has 4 rings (SSSR count). The van der Waals surface area contributed by atoms with Gasteiger partial charge in [0.1, 0.15) is 11.3 Å². The van der Waals surface area contributed by atoms with Crippen molar-refractivity contribution in [2.24, 2.45) is 0 Å². The van der Waals surface area contributed by atoms with Crippen molar-refractivity contribution in [1.82, 2.24) is 10.3 Å². The van der Waals surface area contributed by atoms with Crippen molar-refractivity contribution in [3.63, 3.8) is 0 Å². The van der Waals surface area contributed by atoms with Crippen LogP contribution in [0.5, 0.6) is 5.75 Å². The molecule has 6 nitrogen and oxygen atoms in total. The highest BCUT2D eigenvalue weighted by Crippen LogP contribution is 2.32. The van der Waals surface area contributed by atoms with Crippen LogP contribution >= 0.6 is 69.6 Å².